The lowest BCUT2D eigenvalue weighted by molar-refractivity contribution is 0.0551. The molecule has 0 saturated carbocycles. The Morgan fingerprint density at radius 3 is 2.78 bits per heavy atom. The number of benzene rings is 1. The highest BCUT2D eigenvalue weighted by Gasteiger charge is 2.04. The lowest BCUT2D eigenvalue weighted by Gasteiger charge is -2.10. The molecule has 0 spiro atoms. The Morgan fingerprint density at radius 1 is 1.33 bits per heavy atom. The van der Waals surface area contributed by atoms with Gasteiger partial charge in [0.15, 0.2) is 0 Å². The second kappa shape index (κ2) is 7.97. The Hall–Kier alpha value is -1.24. The van der Waals surface area contributed by atoms with E-state index < -0.39 is 0 Å². The number of rotatable bonds is 5. The fraction of sp³-hybridized carbons (Fsp3) is 0.429. The van der Waals surface area contributed by atoms with Crippen LogP contribution in [0.3, 0.4) is 0 Å². The Bertz CT molecular complexity index is 435. The van der Waals surface area contributed by atoms with Crippen molar-refractivity contribution in [3.05, 3.63) is 29.6 Å². The van der Waals surface area contributed by atoms with Crippen LogP contribution >= 0.6 is 11.6 Å². The van der Waals surface area contributed by atoms with Gasteiger partial charge >= 0.3 is 0 Å². The van der Waals surface area contributed by atoms with Crippen molar-refractivity contribution in [3.63, 3.8) is 0 Å². The van der Waals surface area contributed by atoms with E-state index in [1.54, 1.807) is 6.07 Å². The van der Waals surface area contributed by atoms with Crippen molar-refractivity contribution in [1.82, 2.24) is 0 Å². The largest absolute Gasteiger partial charge is 0.490 e. The third kappa shape index (κ3) is 5.39. The van der Waals surface area contributed by atoms with Crippen molar-refractivity contribution in [2.75, 3.05) is 19.1 Å². The van der Waals surface area contributed by atoms with Crippen LogP contribution in [0, 0.1) is 17.7 Å². The van der Waals surface area contributed by atoms with Crippen LogP contribution < -0.4 is 4.74 Å². The molecule has 0 aliphatic carbocycles. The first kappa shape index (κ1) is 14.8. The molecule has 98 valence electrons. The summed E-state index contributed by atoms with van der Waals surface area (Å²) in [4.78, 5) is 0. The molecule has 0 aromatic heterocycles. The van der Waals surface area contributed by atoms with Gasteiger partial charge in [-0.2, -0.15) is 0 Å². The van der Waals surface area contributed by atoms with Crippen LogP contribution in [0.15, 0.2) is 18.2 Å². The Labute approximate surface area is 112 Å². The molecule has 0 saturated heterocycles. The molecule has 0 fully saturated rings. The first-order valence-electron chi connectivity index (χ1n) is 5.72. The van der Waals surface area contributed by atoms with E-state index in [1.807, 2.05) is 13.8 Å². The molecular formula is C14H16ClFO2. The number of ether oxygens (including phenoxy) is 2. The summed E-state index contributed by atoms with van der Waals surface area (Å²) in [6.07, 6.45) is 0.150. The fourth-order valence-electron chi connectivity index (χ4n) is 1.28. The molecule has 0 radical (unpaired) electrons. The van der Waals surface area contributed by atoms with E-state index in [2.05, 4.69) is 11.8 Å². The summed E-state index contributed by atoms with van der Waals surface area (Å²) in [5.74, 6) is 5.83. The van der Waals surface area contributed by atoms with Gasteiger partial charge in [0.05, 0.1) is 24.2 Å². The van der Waals surface area contributed by atoms with E-state index in [4.69, 9.17) is 21.1 Å². The van der Waals surface area contributed by atoms with Gasteiger partial charge in [0, 0.05) is 6.07 Å². The molecule has 4 heteroatoms. The monoisotopic (exact) mass is 270 g/mol. The Morgan fingerprint density at radius 2 is 2.11 bits per heavy atom. The van der Waals surface area contributed by atoms with E-state index in [-0.39, 0.29) is 17.8 Å². The van der Waals surface area contributed by atoms with E-state index in [0.717, 1.165) is 0 Å². The quantitative estimate of drug-likeness (QED) is 0.465. The van der Waals surface area contributed by atoms with Crippen molar-refractivity contribution in [2.45, 2.75) is 20.0 Å². The minimum atomic E-state index is -0.355. The third-order valence-corrected chi connectivity index (χ3v) is 2.16. The normalized spacial score (nSPS) is 10.1. The predicted octanol–water partition coefficient (Wildman–Crippen LogP) is 3.22. The fourth-order valence-corrected chi connectivity index (χ4v) is 1.35. The van der Waals surface area contributed by atoms with Crippen LogP contribution in [-0.4, -0.2) is 25.2 Å². The molecule has 1 rings (SSSR count). The van der Waals surface area contributed by atoms with Crippen LogP contribution in [0.25, 0.3) is 0 Å². The maximum Gasteiger partial charge on any atom is 0.137 e. The molecular weight excluding hydrogens is 255 g/mol. The highest BCUT2D eigenvalue weighted by Crippen LogP contribution is 2.19. The van der Waals surface area contributed by atoms with E-state index >= 15 is 0 Å². The molecule has 0 amide bonds. The van der Waals surface area contributed by atoms with Gasteiger partial charge in [-0.1, -0.05) is 11.8 Å². The van der Waals surface area contributed by atoms with Gasteiger partial charge in [-0.25, -0.2) is 4.39 Å². The summed E-state index contributed by atoms with van der Waals surface area (Å²) in [6, 6.07) is 4.23. The molecule has 1 aromatic rings. The van der Waals surface area contributed by atoms with Crippen LogP contribution in [0.1, 0.15) is 19.4 Å². The van der Waals surface area contributed by atoms with Gasteiger partial charge < -0.3 is 9.47 Å². The smallest absolute Gasteiger partial charge is 0.137 e. The molecule has 0 unspecified atom stereocenters. The number of hydrogen-bond acceptors (Lipinski definition) is 2. The minimum absolute atomic E-state index is 0.150. The second-order valence-corrected chi connectivity index (χ2v) is 4.11. The molecule has 0 bridgehead atoms. The summed E-state index contributed by atoms with van der Waals surface area (Å²) in [7, 11) is 0. The predicted molar refractivity (Wildman–Crippen MR) is 70.6 cm³/mol. The summed E-state index contributed by atoms with van der Waals surface area (Å²) in [5, 5.41) is 0. The molecule has 0 aliphatic heterocycles. The Balaban J connectivity index is 2.64. The molecule has 0 aliphatic rings. The molecule has 2 nitrogen and oxygen atoms in total. The van der Waals surface area contributed by atoms with Crippen molar-refractivity contribution in [2.24, 2.45) is 0 Å². The summed E-state index contributed by atoms with van der Waals surface area (Å²) < 4.78 is 23.9. The maximum atomic E-state index is 13.1. The number of halogens is 2. The van der Waals surface area contributed by atoms with E-state index in [0.29, 0.717) is 24.5 Å². The van der Waals surface area contributed by atoms with Crippen LogP contribution in [-0.2, 0) is 4.74 Å². The zero-order valence-electron chi connectivity index (χ0n) is 10.5. The number of alkyl halides is 1. The zero-order valence-corrected chi connectivity index (χ0v) is 11.3. The highest BCUT2D eigenvalue weighted by molar-refractivity contribution is 6.19. The minimum Gasteiger partial charge on any atom is -0.490 e. The lowest BCUT2D eigenvalue weighted by Crippen LogP contribution is -2.11. The topological polar surface area (TPSA) is 18.5 Å². The second-order valence-electron chi connectivity index (χ2n) is 3.84. The third-order valence-electron chi connectivity index (χ3n) is 2.03. The molecule has 1 aromatic carbocycles. The number of hydrogen-bond donors (Lipinski definition) is 0. The van der Waals surface area contributed by atoms with Crippen molar-refractivity contribution >= 4 is 11.6 Å². The van der Waals surface area contributed by atoms with Crippen LogP contribution in [0.5, 0.6) is 5.75 Å². The van der Waals surface area contributed by atoms with E-state index in [9.17, 15) is 4.39 Å². The van der Waals surface area contributed by atoms with Gasteiger partial charge in [0.2, 0.25) is 0 Å². The first-order valence-corrected chi connectivity index (χ1v) is 6.25. The van der Waals surface area contributed by atoms with Crippen molar-refractivity contribution < 1.29 is 13.9 Å². The molecule has 0 heterocycles. The summed E-state index contributed by atoms with van der Waals surface area (Å²) in [6.45, 7) is 4.70. The first-order chi connectivity index (χ1) is 8.63. The van der Waals surface area contributed by atoms with Gasteiger partial charge in [-0.3, -0.25) is 0 Å². The molecule has 18 heavy (non-hydrogen) atoms. The van der Waals surface area contributed by atoms with Gasteiger partial charge in [-0.05, 0) is 26.0 Å². The lowest BCUT2D eigenvalue weighted by atomic mass is 10.2. The van der Waals surface area contributed by atoms with Crippen molar-refractivity contribution in [1.29, 1.82) is 0 Å². The summed E-state index contributed by atoms with van der Waals surface area (Å²) in [5.41, 5.74) is 0.626. The van der Waals surface area contributed by atoms with Gasteiger partial charge in [-0.15, -0.1) is 11.6 Å². The molecule has 0 N–H and O–H groups in total. The highest BCUT2D eigenvalue weighted by atomic mass is 35.5. The van der Waals surface area contributed by atoms with Crippen molar-refractivity contribution in [3.8, 4) is 17.6 Å². The SMILES string of the molecule is CC(C)OCCOc1cc(F)ccc1C#CCCl. The van der Waals surface area contributed by atoms with E-state index in [1.165, 1.54) is 12.1 Å². The Kier molecular flexibility index (Phi) is 6.56. The summed E-state index contributed by atoms with van der Waals surface area (Å²) >= 11 is 5.49. The van der Waals surface area contributed by atoms with Gasteiger partial charge in [0.25, 0.3) is 0 Å². The van der Waals surface area contributed by atoms with Crippen LogP contribution in [0.2, 0.25) is 0 Å². The maximum absolute atomic E-state index is 13.1. The zero-order chi connectivity index (χ0) is 13.4. The van der Waals surface area contributed by atoms with Gasteiger partial charge in [0.1, 0.15) is 18.2 Å². The average molecular weight is 271 g/mol. The molecule has 0 atom stereocenters. The standard InChI is InChI=1S/C14H16ClFO2/c1-11(2)17-8-9-18-14-10-13(16)6-5-12(14)4-3-7-15/h5-6,10-11H,7-9H2,1-2H3. The average Bonchev–Trinajstić information content (AvgIpc) is 2.33. The van der Waals surface area contributed by atoms with Crippen LogP contribution in [0.4, 0.5) is 4.39 Å².